The van der Waals surface area contributed by atoms with Crippen molar-refractivity contribution in [2.75, 3.05) is 5.73 Å². The highest BCUT2D eigenvalue weighted by atomic mass is 19.3. The van der Waals surface area contributed by atoms with Crippen molar-refractivity contribution in [2.24, 2.45) is 0 Å². The predicted octanol–water partition coefficient (Wildman–Crippen LogP) is 1.81. The van der Waals surface area contributed by atoms with Gasteiger partial charge in [0.2, 0.25) is 0 Å². The van der Waals surface area contributed by atoms with Crippen LogP contribution in [0, 0.1) is 17.1 Å². The van der Waals surface area contributed by atoms with Crippen LogP contribution in [0.2, 0.25) is 0 Å². The van der Waals surface area contributed by atoms with E-state index in [1.165, 1.54) is 0 Å². The van der Waals surface area contributed by atoms with Gasteiger partial charge in [0.1, 0.15) is 17.3 Å². The van der Waals surface area contributed by atoms with Gasteiger partial charge in [-0.25, -0.2) is 18.2 Å². The maximum atomic E-state index is 13.1. The molecular formula is C8H6F3N3. The molecule has 1 rings (SSSR count). The van der Waals surface area contributed by atoms with Crippen LogP contribution in [0.3, 0.4) is 0 Å². The smallest absolute Gasteiger partial charge is 0.280 e. The standard InChI is InChI=1S/C8H6F3N3/c9-5-3-6(13)14-7(8(10)11)4(5)1-2-12/h3,8H,1H2,(H2,13,14). The van der Waals surface area contributed by atoms with Crippen molar-refractivity contribution in [3.8, 4) is 6.07 Å². The maximum Gasteiger partial charge on any atom is 0.280 e. The Kier molecular flexibility index (Phi) is 2.92. The van der Waals surface area contributed by atoms with Crippen molar-refractivity contribution < 1.29 is 13.2 Å². The first-order valence-corrected chi connectivity index (χ1v) is 3.66. The van der Waals surface area contributed by atoms with Gasteiger partial charge in [-0.05, 0) is 0 Å². The third-order valence-electron chi connectivity index (χ3n) is 1.58. The number of aromatic nitrogens is 1. The van der Waals surface area contributed by atoms with Crippen LogP contribution in [0.25, 0.3) is 0 Å². The summed E-state index contributed by atoms with van der Waals surface area (Å²) >= 11 is 0. The van der Waals surface area contributed by atoms with E-state index in [4.69, 9.17) is 11.0 Å². The highest BCUT2D eigenvalue weighted by molar-refractivity contribution is 5.37. The Morgan fingerprint density at radius 3 is 2.71 bits per heavy atom. The number of rotatable bonds is 2. The zero-order valence-electron chi connectivity index (χ0n) is 6.97. The third-order valence-corrected chi connectivity index (χ3v) is 1.58. The molecule has 0 unspecified atom stereocenters. The predicted molar refractivity (Wildman–Crippen MR) is 42.9 cm³/mol. The largest absolute Gasteiger partial charge is 0.384 e. The first kappa shape index (κ1) is 10.3. The van der Waals surface area contributed by atoms with Crippen LogP contribution < -0.4 is 5.73 Å². The summed E-state index contributed by atoms with van der Waals surface area (Å²) in [4.78, 5) is 3.29. The summed E-state index contributed by atoms with van der Waals surface area (Å²) in [6.45, 7) is 0. The van der Waals surface area contributed by atoms with E-state index in [-0.39, 0.29) is 5.82 Å². The third kappa shape index (κ3) is 1.93. The van der Waals surface area contributed by atoms with Crippen LogP contribution in [0.1, 0.15) is 17.7 Å². The fourth-order valence-electron chi connectivity index (χ4n) is 1.01. The van der Waals surface area contributed by atoms with Crippen LogP contribution >= 0.6 is 0 Å². The van der Waals surface area contributed by atoms with Gasteiger partial charge in [-0.15, -0.1) is 0 Å². The second kappa shape index (κ2) is 3.96. The molecule has 0 spiro atoms. The van der Waals surface area contributed by atoms with Crippen molar-refractivity contribution in [1.82, 2.24) is 4.98 Å². The van der Waals surface area contributed by atoms with Crippen LogP contribution in [0.5, 0.6) is 0 Å². The van der Waals surface area contributed by atoms with Crippen molar-refractivity contribution in [3.05, 3.63) is 23.1 Å². The Balaban J connectivity index is 3.30. The highest BCUT2D eigenvalue weighted by Gasteiger charge is 2.19. The molecule has 0 saturated carbocycles. The van der Waals surface area contributed by atoms with Gasteiger partial charge in [-0.2, -0.15) is 5.26 Å². The average molecular weight is 201 g/mol. The van der Waals surface area contributed by atoms with E-state index in [1.807, 2.05) is 0 Å². The molecule has 0 amide bonds. The molecule has 0 bridgehead atoms. The molecule has 1 heterocycles. The van der Waals surface area contributed by atoms with Crippen LogP contribution in [-0.4, -0.2) is 4.98 Å². The van der Waals surface area contributed by atoms with Crippen LogP contribution in [0.15, 0.2) is 6.07 Å². The molecule has 0 atom stereocenters. The molecule has 74 valence electrons. The van der Waals surface area contributed by atoms with Gasteiger partial charge >= 0.3 is 0 Å². The minimum atomic E-state index is -2.93. The molecular weight excluding hydrogens is 195 g/mol. The molecule has 0 saturated heterocycles. The Labute approximate surface area is 78.0 Å². The van der Waals surface area contributed by atoms with Gasteiger partial charge in [0.25, 0.3) is 6.43 Å². The molecule has 14 heavy (non-hydrogen) atoms. The second-order valence-corrected chi connectivity index (χ2v) is 2.53. The minimum Gasteiger partial charge on any atom is -0.384 e. The normalized spacial score (nSPS) is 10.2. The molecule has 2 N–H and O–H groups in total. The van der Waals surface area contributed by atoms with E-state index in [0.29, 0.717) is 0 Å². The number of alkyl halides is 2. The number of nitriles is 1. The lowest BCUT2D eigenvalue weighted by molar-refractivity contribution is 0.144. The van der Waals surface area contributed by atoms with Crippen molar-refractivity contribution >= 4 is 5.82 Å². The second-order valence-electron chi connectivity index (χ2n) is 2.53. The van der Waals surface area contributed by atoms with E-state index in [9.17, 15) is 13.2 Å². The molecule has 6 heteroatoms. The first-order valence-electron chi connectivity index (χ1n) is 3.66. The lowest BCUT2D eigenvalue weighted by Crippen LogP contribution is -2.05. The zero-order chi connectivity index (χ0) is 10.7. The highest BCUT2D eigenvalue weighted by Crippen LogP contribution is 2.24. The fraction of sp³-hybridized carbons (Fsp3) is 0.250. The Morgan fingerprint density at radius 2 is 2.21 bits per heavy atom. The van der Waals surface area contributed by atoms with Gasteiger partial charge in [-0.3, -0.25) is 0 Å². The molecule has 0 aromatic carbocycles. The van der Waals surface area contributed by atoms with Crippen LogP contribution in [0.4, 0.5) is 19.0 Å². The number of nitrogen functional groups attached to an aromatic ring is 1. The number of halogens is 3. The maximum absolute atomic E-state index is 13.1. The quantitative estimate of drug-likeness (QED) is 0.793. The summed E-state index contributed by atoms with van der Waals surface area (Å²) in [6, 6.07) is 2.40. The molecule has 1 aromatic heterocycles. The molecule has 1 aromatic rings. The number of hydrogen-bond acceptors (Lipinski definition) is 3. The van der Waals surface area contributed by atoms with E-state index in [1.54, 1.807) is 6.07 Å². The minimum absolute atomic E-state index is 0.320. The summed E-state index contributed by atoms with van der Waals surface area (Å²) in [5, 5.41) is 8.30. The number of anilines is 1. The number of nitrogens with two attached hydrogens (primary N) is 1. The summed E-state index contributed by atoms with van der Waals surface area (Å²) in [5.41, 5.74) is 3.94. The lowest BCUT2D eigenvalue weighted by Gasteiger charge is -2.06. The molecule has 0 fully saturated rings. The summed E-state index contributed by atoms with van der Waals surface area (Å²) in [5.74, 6) is -1.24. The van der Waals surface area contributed by atoms with Gasteiger partial charge < -0.3 is 5.73 Å². The van der Waals surface area contributed by atoms with E-state index in [2.05, 4.69) is 4.98 Å². The lowest BCUT2D eigenvalue weighted by atomic mass is 10.1. The fourth-order valence-corrected chi connectivity index (χ4v) is 1.01. The molecule has 0 aliphatic carbocycles. The summed E-state index contributed by atoms with van der Waals surface area (Å²) in [7, 11) is 0. The number of nitrogens with zero attached hydrogens (tertiary/aromatic N) is 2. The Bertz CT molecular complexity index is 384. The summed E-state index contributed by atoms with van der Waals surface area (Å²) < 4.78 is 37.7. The first-order chi connectivity index (χ1) is 6.56. The van der Waals surface area contributed by atoms with E-state index < -0.39 is 29.9 Å². The average Bonchev–Trinajstić information content (AvgIpc) is 2.09. The Hall–Kier alpha value is -1.77. The molecule has 0 aliphatic heterocycles. The SMILES string of the molecule is N#CCc1c(F)cc(N)nc1C(F)F. The van der Waals surface area contributed by atoms with E-state index in [0.717, 1.165) is 6.07 Å². The van der Waals surface area contributed by atoms with Crippen LogP contribution in [-0.2, 0) is 6.42 Å². The van der Waals surface area contributed by atoms with Crippen molar-refractivity contribution in [3.63, 3.8) is 0 Å². The van der Waals surface area contributed by atoms with Gasteiger partial charge in [0, 0.05) is 11.6 Å². The van der Waals surface area contributed by atoms with E-state index >= 15 is 0 Å². The van der Waals surface area contributed by atoms with Crippen molar-refractivity contribution in [1.29, 1.82) is 5.26 Å². The van der Waals surface area contributed by atoms with Gasteiger partial charge in [-0.1, -0.05) is 0 Å². The topological polar surface area (TPSA) is 62.7 Å². The monoisotopic (exact) mass is 201 g/mol. The van der Waals surface area contributed by atoms with Crippen molar-refractivity contribution in [2.45, 2.75) is 12.8 Å². The molecule has 0 radical (unpaired) electrons. The number of pyridine rings is 1. The summed E-state index contributed by atoms with van der Waals surface area (Å²) in [6.07, 6.45) is -3.38. The molecule has 0 aliphatic rings. The van der Waals surface area contributed by atoms with Gasteiger partial charge in [0.15, 0.2) is 0 Å². The Morgan fingerprint density at radius 1 is 1.57 bits per heavy atom. The zero-order valence-corrected chi connectivity index (χ0v) is 6.97. The molecule has 3 nitrogen and oxygen atoms in total. The van der Waals surface area contributed by atoms with Gasteiger partial charge in [0.05, 0.1) is 12.5 Å². The number of hydrogen-bond donors (Lipinski definition) is 1.